The van der Waals surface area contributed by atoms with Gasteiger partial charge in [-0.2, -0.15) is 13.2 Å². The quantitative estimate of drug-likeness (QED) is 0.890. The molecule has 0 bridgehead atoms. The molecule has 0 aliphatic carbocycles. The van der Waals surface area contributed by atoms with Crippen LogP contribution in [0.15, 0.2) is 30.3 Å². The predicted molar refractivity (Wildman–Crippen MR) is 78.4 cm³/mol. The van der Waals surface area contributed by atoms with Gasteiger partial charge in [-0.05, 0) is 5.56 Å². The van der Waals surface area contributed by atoms with Gasteiger partial charge < -0.3 is 14.7 Å². The van der Waals surface area contributed by atoms with E-state index in [0.717, 1.165) is 0 Å². The molecular weight excluding hydrogens is 327 g/mol. The van der Waals surface area contributed by atoms with E-state index in [1.807, 2.05) is 0 Å². The first-order chi connectivity index (χ1) is 11.3. The minimum Gasteiger partial charge on any atom is -0.481 e. The van der Waals surface area contributed by atoms with Crippen molar-refractivity contribution in [3.63, 3.8) is 0 Å². The van der Waals surface area contributed by atoms with Gasteiger partial charge in [0.1, 0.15) is 0 Å². The molecule has 1 aromatic rings. The summed E-state index contributed by atoms with van der Waals surface area (Å²) in [5.41, 5.74) is 0.0358. The molecule has 0 saturated carbocycles. The lowest BCUT2D eigenvalue weighted by Gasteiger charge is -2.33. The molecule has 1 saturated heterocycles. The third kappa shape index (κ3) is 4.95. The number of hydrogen-bond donors (Lipinski definition) is 1. The SMILES string of the molecule is O=C(O)C[C@@H]1CN(C(=O)C[C@H](c2ccccc2)C(F)(F)F)CCO1. The number of aliphatic carboxylic acids is 1. The summed E-state index contributed by atoms with van der Waals surface area (Å²) < 4.78 is 45.2. The number of carbonyl (C=O) groups is 2. The van der Waals surface area contributed by atoms with Gasteiger partial charge in [-0.25, -0.2) is 0 Å². The van der Waals surface area contributed by atoms with E-state index in [0.29, 0.717) is 0 Å². The van der Waals surface area contributed by atoms with Gasteiger partial charge in [0.05, 0.1) is 25.0 Å². The third-order valence-corrected chi connectivity index (χ3v) is 3.87. The van der Waals surface area contributed by atoms with Gasteiger partial charge in [-0.15, -0.1) is 0 Å². The van der Waals surface area contributed by atoms with Crippen molar-refractivity contribution in [1.82, 2.24) is 4.90 Å². The van der Waals surface area contributed by atoms with Crippen molar-refractivity contribution in [3.8, 4) is 0 Å². The highest BCUT2D eigenvalue weighted by atomic mass is 19.4. The van der Waals surface area contributed by atoms with Crippen molar-refractivity contribution in [1.29, 1.82) is 0 Å². The van der Waals surface area contributed by atoms with Crippen LogP contribution in [0.5, 0.6) is 0 Å². The van der Waals surface area contributed by atoms with E-state index < -0.39 is 36.5 Å². The molecule has 5 nitrogen and oxygen atoms in total. The molecular formula is C16H18F3NO4. The van der Waals surface area contributed by atoms with Crippen LogP contribution in [0.25, 0.3) is 0 Å². The van der Waals surface area contributed by atoms with Crippen LogP contribution in [0.1, 0.15) is 24.3 Å². The van der Waals surface area contributed by atoms with Crippen molar-refractivity contribution in [2.24, 2.45) is 0 Å². The summed E-state index contributed by atoms with van der Waals surface area (Å²) in [6.07, 6.45) is -6.22. The molecule has 1 heterocycles. The van der Waals surface area contributed by atoms with E-state index in [4.69, 9.17) is 9.84 Å². The second-order valence-corrected chi connectivity index (χ2v) is 5.64. The standard InChI is InChI=1S/C16H18F3NO4/c17-16(18,19)13(11-4-2-1-3-5-11)9-14(21)20-6-7-24-12(10-20)8-15(22)23/h1-5,12-13H,6-10H2,(H,22,23)/t12-,13-/m1/s1. The Hall–Kier alpha value is -2.09. The number of morpholine rings is 1. The van der Waals surface area contributed by atoms with E-state index >= 15 is 0 Å². The molecule has 1 amide bonds. The van der Waals surface area contributed by atoms with Crippen molar-refractivity contribution in [2.45, 2.75) is 31.0 Å². The molecule has 0 spiro atoms. The first-order valence-electron chi connectivity index (χ1n) is 7.50. The fourth-order valence-corrected chi connectivity index (χ4v) is 2.68. The molecule has 0 aromatic heterocycles. The topological polar surface area (TPSA) is 66.8 Å². The smallest absolute Gasteiger partial charge is 0.396 e. The van der Waals surface area contributed by atoms with Gasteiger partial charge >= 0.3 is 12.1 Å². The van der Waals surface area contributed by atoms with E-state index in [9.17, 15) is 22.8 Å². The molecule has 1 aliphatic rings. The second-order valence-electron chi connectivity index (χ2n) is 5.64. The Kier molecular flexibility index (Phi) is 5.82. The molecule has 24 heavy (non-hydrogen) atoms. The van der Waals surface area contributed by atoms with Gasteiger partial charge in [0.15, 0.2) is 0 Å². The van der Waals surface area contributed by atoms with Crippen LogP contribution in [0.2, 0.25) is 0 Å². The number of benzene rings is 1. The van der Waals surface area contributed by atoms with Gasteiger partial charge in [0.2, 0.25) is 5.91 Å². The van der Waals surface area contributed by atoms with E-state index in [1.54, 1.807) is 6.07 Å². The third-order valence-electron chi connectivity index (χ3n) is 3.87. The highest BCUT2D eigenvalue weighted by molar-refractivity contribution is 5.77. The summed E-state index contributed by atoms with van der Waals surface area (Å²) in [6, 6.07) is 7.29. The molecule has 1 N–H and O–H groups in total. The normalized spacial score (nSPS) is 19.8. The molecule has 132 valence electrons. The first-order valence-corrected chi connectivity index (χ1v) is 7.50. The fourth-order valence-electron chi connectivity index (χ4n) is 2.68. The lowest BCUT2D eigenvalue weighted by atomic mass is 9.94. The Morgan fingerprint density at radius 2 is 1.96 bits per heavy atom. The monoisotopic (exact) mass is 345 g/mol. The second kappa shape index (κ2) is 7.65. The van der Waals surface area contributed by atoms with Crippen molar-refractivity contribution in [3.05, 3.63) is 35.9 Å². The zero-order chi connectivity index (χ0) is 17.7. The fraction of sp³-hybridized carbons (Fsp3) is 0.500. The summed E-state index contributed by atoms with van der Waals surface area (Å²) in [4.78, 5) is 24.2. The summed E-state index contributed by atoms with van der Waals surface area (Å²) in [5, 5.41) is 8.76. The lowest BCUT2D eigenvalue weighted by Crippen LogP contribution is -2.47. The summed E-state index contributed by atoms with van der Waals surface area (Å²) >= 11 is 0. The van der Waals surface area contributed by atoms with Crippen LogP contribution in [0.3, 0.4) is 0 Å². The zero-order valence-electron chi connectivity index (χ0n) is 12.8. The van der Waals surface area contributed by atoms with Crippen LogP contribution in [0, 0.1) is 0 Å². The molecule has 1 fully saturated rings. The number of amides is 1. The molecule has 1 aliphatic heterocycles. The molecule has 2 rings (SSSR count). The van der Waals surface area contributed by atoms with Crippen molar-refractivity contribution < 1.29 is 32.6 Å². The van der Waals surface area contributed by atoms with Crippen LogP contribution >= 0.6 is 0 Å². The molecule has 1 aromatic carbocycles. The molecule has 0 radical (unpaired) electrons. The van der Waals surface area contributed by atoms with Gasteiger partial charge in [0, 0.05) is 19.5 Å². The average Bonchev–Trinajstić information content (AvgIpc) is 2.51. The van der Waals surface area contributed by atoms with Gasteiger partial charge in [0.25, 0.3) is 0 Å². The predicted octanol–water partition coefficient (Wildman–Crippen LogP) is 2.42. The maximum absolute atomic E-state index is 13.3. The van der Waals surface area contributed by atoms with Gasteiger partial charge in [-0.1, -0.05) is 30.3 Å². The minimum absolute atomic E-state index is 0.00942. The largest absolute Gasteiger partial charge is 0.481 e. The Morgan fingerprint density at radius 3 is 2.54 bits per heavy atom. The highest BCUT2D eigenvalue weighted by Crippen LogP contribution is 2.37. The molecule has 0 unspecified atom stereocenters. The number of halogens is 3. The van der Waals surface area contributed by atoms with E-state index in [-0.39, 0.29) is 31.7 Å². The number of hydrogen-bond acceptors (Lipinski definition) is 3. The highest BCUT2D eigenvalue weighted by Gasteiger charge is 2.42. The summed E-state index contributed by atoms with van der Waals surface area (Å²) in [6.45, 7) is 0.268. The number of carboxylic acid groups (broad SMARTS) is 1. The van der Waals surface area contributed by atoms with Crippen molar-refractivity contribution >= 4 is 11.9 Å². The number of rotatable bonds is 5. The minimum atomic E-state index is -4.54. The Morgan fingerprint density at radius 1 is 1.29 bits per heavy atom. The zero-order valence-corrected chi connectivity index (χ0v) is 12.8. The maximum atomic E-state index is 13.3. The average molecular weight is 345 g/mol. The Bertz CT molecular complexity index is 576. The number of alkyl halides is 3. The van der Waals surface area contributed by atoms with Crippen LogP contribution in [0.4, 0.5) is 13.2 Å². The number of ether oxygens (including phenoxy) is 1. The van der Waals surface area contributed by atoms with Crippen LogP contribution in [-0.2, 0) is 14.3 Å². The number of nitrogens with zero attached hydrogens (tertiary/aromatic N) is 1. The van der Waals surface area contributed by atoms with Crippen LogP contribution < -0.4 is 0 Å². The molecule has 8 heteroatoms. The Balaban J connectivity index is 2.06. The summed E-state index contributed by atoms with van der Waals surface area (Å²) in [7, 11) is 0. The first kappa shape index (κ1) is 18.3. The number of carbonyl (C=O) groups excluding carboxylic acids is 1. The van der Waals surface area contributed by atoms with E-state index in [2.05, 4.69) is 0 Å². The van der Waals surface area contributed by atoms with Crippen LogP contribution in [-0.4, -0.2) is 53.9 Å². The maximum Gasteiger partial charge on any atom is 0.396 e. The van der Waals surface area contributed by atoms with E-state index in [1.165, 1.54) is 29.2 Å². The number of carboxylic acids is 1. The van der Waals surface area contributed by atoms with Gasteiger partial charge in [-0.3, -0.25) is 9.59 Å². The van der Waals surface area contributed by atoms with Crippen molar-refractivity contribution in [2.75, 3.05) is 19.7 Å². The summed E-state index contributed by atoms with van der Waals surface area (Å²) in [5.74, 6) is -3.61. The Labute approximate surface area is 137 Å². The molecule has 2 atom stereocenters. The lowest BCUT2D eigenvalue weighted by molar-refractivity contribution is -0.163.